The number of hydrogen-bond donors (Lipinski definition) is 4. The molecule has 0 aliphatic carbocycles. The van der Waals surface area contributed by atoms with E-state index in [0.717, 1.165) is 16.8 Å². The fourth-order valence-electron chi connectivity index (χ4n) is 2.41. The lowest BCUT2D eigenvalue weighted by atomic mass is 10.1. The van der Waals surface area contributed by atoms with Crippen molar-refractivity contribution in [2.24, 2.45) is 0 Å². The molecule has 7 nitrogen and oxygen atoms in total. The van der Waals surface area contributed by atoms with Crippen LogP contribution in [0.25, 0.3) is 0 Å². The Kier molecular flexibility index (Phi) is 5.42. The van der Waals surface area contributed by atoms with E-state index in [4.69, 9.17) is 17.3 Å². The summed E-state index contributed by atoms with van der Waals surface area (Å²) in [6.45, 7) is 3.78. The number of nitrogens with one attached hydrogen (secondary N) is 3. The standard InChI is InChI=1S/C19H19ClN6O/c1-11-5-3-4-6-14(11)19(27)26-25-18-16(21)17(22-10-23-18)24-13-8-7-12(2)15(20)9-13/h3-10H,21H2,1-2H3,(H,26,27)(H2,22,23,24,25). The van der Waals surface area contributed by atoms with E-state index in [9.17, 15) is 4.79 Å². The van der Waals surface area contributed by atoms with Crippen LogP contribution in [0.3, 0.4) is 0 Å². The summed E-state index contributed by atoms with van der Waals surface area (Å²) in [6, 6.07) is 12.8. The molecule has 2 aromatic carbocycles. The Balaban J connectivity index is 1.74. The third-order valence-electron chi connectivity index (χ3n) is 4.00. The molecule has 0 radical (unpaired) electrons. The van der Waals surface area contributed by atoms with Gasteiger partial charge in [-0.3, -0.25) is 15.6 Å². The van der Waals surface area contributed by atoms with Gasteiger partial charge in [-0.1, -0.05) is 35.9 Å². The molecule has 8 heteroatoms. The number of aryl methyl sites for hydroxylation is 2. The number of halogens is 1. The van der Waals surface area contributed by atoms with Gasteiger partial charge >= 0.3 is 0 Å². The molecular formula is C19H19ClN6O. The van der Waals surface area contributed by atoms with Crippen LogP contribution in [0.2, 0.25) is 5.02 Å². The fraction of sp³-hybridized carbons (Fsp3) is 0.105. The third-order valence-corrected chi connectivity index (χ3v) is 4.41. The Morgan fingerprint density at radius 3 is 2.52 bits per heavy atom. The SMILES string of the molecule is Cc1ccc(Nc2ncnc(NNC(=O)c3ccccc3C)c2N)cc1Cl. The zero-order chi connectivity index (χ0) is 19.4. The number of nitrogen functional groups attached to an aromatic ring is 1. The molecule has 0 saturated carbocycles. The molecule has 0 fully saturated rings. The average molecular weight is 383 g/mol. The molecule has 27 heavy (non-hydrogen) atoms. The van der Waals surface area contributed by atoms with Gasteiger partial charge in [-0.25, -0.2) is 9.97 Å². The number of carbonyl (C=O) groups excluding carboxylic acids is 1. The number of nitrogens with two attached hydrogens (primary N) is 1. The van der Waals surface area contributed by atoms with Gasteiger partial charge < -0.3 is 11.1 Å². The van der Waals surface area contributed by atoms with Gasteiger partial charge in [-0.2, -0.15) is 0 Å². The van der Waals surface area contributed by atoms with Gasteiger partial charge in [0.25, 0.3) is 5.91 Å². The Bertz CT molecular complexity index is 992. The summed E-state index contributed by atoms with van der Waals surface area (Å²) in [5, 5.41) is 3.73. The van der Waals surface area contributed by atoms with E-state index in [-0.39, 0.29) is 17.4 Å². The smallest absolute Gasteiger partial charge is 0.269 e. The van der Waals surface area contributed by atoms with Crippen LogP contribution in [0.5, 0.6) is 0 Å². The second-order valence-corrected chi connectivity index (χ2v) is 6.37. The molecule has 138 valence electrons. The van der Waals surface area contributed by atoms with E-state index in [1.807, 2.05) is 38.1 Å². The summed E-state index contributed by atoms with van der Waals surface area (Å²) in [4.78, 5) is 20.5. The minimum absolute atomic E-state index is 0.263. The number of nitrogens with zero attached hydrogens (tertiary/aromatic N) is 2. The van der Waals surface area contributed by atoms with Crippen LogP contribution >= 0.6 is 11.6 Å². The van der Waals surface area contributed by atoms with Crippen LogP contribution < -0.4 is 21.9 Å². The zero-order valence-corrected chi connectivity index (χ0v) is 15.6. The summed E-state index contributed by atoms with van der Waals surface area (Å²) in [6.07, 6.45) is 1.34. The van der Waals surface area contributed by atoms with Crippen molar-refractivity contribution in [2.45, 2.75) is 13.8 Å². The molecule has 1 heterocycles. The second-order valence-electron chi connectivity index (χ2n) is 5.97. The summed E-state index contributed by atoms with van der Waals surface area (Å²) in [7, 11) is 0. The van der Waals surface area contributed by atoms with E-state index < -0.39 is 0 Å². The first kappa shape index (κ1) is 18.5. The molecule has 0 saturated heterocycles. The summed E-state index contributed by atoms with van der Waals surface area (Å²) in [5.41, 5.74) is 14.9. The normalized spacial score (nSPS) is 10.3. The maximum Gasteiger partial charge on any atom is 0.269 e. The third kappa shape index (κ3) is 4.27. The molecule has 3 rings (SSSR count). The van der Waals surface area contributed by atoms with Gasteiger partial charge in [-0.15, -0.1) is 0 Å². The van der Waals surface area contributed by atoms with Crippen molar-refractivity contribution in [1.82, 2.24) is 15.4 Å². The van der Waals surface area contributed by atoms with E-state index in [0.29, 0.717) is 16.4 Å². The van der Waals surface area contributed by atoms with Gasteiger partial charge in [-0.05, 0) is 43.2 Å². The van der Waals surface area contributed by atoms with Gasteiger partial charge in [0.2, 0.25) is 0 Å². The molecule has 0 bridgehead atoms. The first-order valence-electron chi connectivity index (χ1n) is 8.21. The Hall–Kier alpha value is -3.32. The van der Waals surface area contributed by atoms with Crippen molar-refractivity contribution in [2.75, 3.05) is 16.5 Å². The van der Waals surface area contributed by atoms with Gasteiger partial charge in [0.1, 0.15) is 12.0 Å². The van der Waals surface area contributed by atoms with E-state index in [2.05, 4.69) is 26.1 Å². The zero-order valence-electron chi connectivity index (χ0n) is 14.9. The highest BCUT2D eigenvalue weighted by molar-refractivity contribution is 6.31. The Morgan fingerprint density at radius 2 is 1.78 bits per heavy atom. The summed E-state index contributed by atoms with van der Waals surface area (Å²) < 4.78 is 0. The quantitative estimate of drug-likeness (QED) is 0.500. The lowest BCUT2D eigenvalue weighted by Crippen LogP contribution is -2.30. The van der Waals surface area contributed by atoms with Gasteiger partial charge in [0.05, 0.1) is 0 Å². The van der Waals surface area contributed by atoms with E-state index in [1.54, 1.807) is 18.2 Å². The predicted molar refractivity (Wildman–Crippen MR) is 108 cm³/mol. The molecule has 0 spiro atoms. The molecule has 1 amide bonds. The van der Waals surface area contributed by atoms with E-state index >= 15 is 0 Å². The number of benzene rings is 2. The summed E-state index contributed by atoms with van der Waals surface area (Å²) >= 11 is 6.14. The fourth-order valence-corrected chi connectivity index (χ4v) is 2.59. The van der Waals surface area contributed by atoms with Crippen molar-refractivity contribution in [1.29, 1.82) is 0 Å². The maximum atomic E-state index is 12.3. The maximum absolute atomic E-state index is 12.3. The minimum atomic E-state index is -0.286. The lowest BCUT2D eigenvalue weighted by Gasteiger charge is -2.14. The highest BCUT2D eigenvalue weighted by Crippen LogP contribution is 2.27. The highest BCUT2D eigenvalue weighted by Gasteiger charge is 2.12. The van der Waals surface area contributed by atoms with Crippen LogP contribution in [0, 0.1) is 13.8 Å². The first-order valence-corrected chi connectivity index (χ1v) is 8.59. The number of hydrazine groups is 1. The molecule has 3 aromatic rings. The number of amides is 1. The van der Waals surface area contributed by atoms with Crippen LogP contribution in [-0.2, 0) is 0 Å². The Labute approximate surface area is 162 Å². The number of rotatable bonds is 5. The minimum Gasteiger partial charge on any atom is -0.393 e. The number of hydrogen-bond acceptors (Lipinski definition) is 6. The largest absolute Gasteiger partial charge is 0.393 e. The predicted octanol–water partition coefficient (Wildman–Crippen LogP) is 3.83. The number of carbonyl (C=O) groups is 1. The molecular weight excluding hydrogens is 364 g/mol. The van der Waals surface area contributed by atoms with Crippen LogP contribution in [0.15, 0.2) is 48.8 Å². The van der Waals surface area contributed by atoms with Crippen molar-refractivity contribution >= 4 is 40.5 Å². The average Bonchev–Trinajstić information content (AvgIpc) is 2.65. The first-order chi connectivity index (χ1) is 13.0. The van der Waals surface area contributed by atoms with Crippen LogP contribution in [0.4, 0.5) is 23.0 Å². The van der Waals surface area contributed by atoms with Crippen molar-refractivity contribution in [3.8, 4) is 0 Å². The Morgan fingerprint density at radius 1 is 1.04 bits per heavy atom. The highest BCUT2D eigenvalue weighted by atomic mass is 35.5. The van der Waals surface area contributed by atoms with Crippen molar-refractivity contribution in [3.63, 3.8) is 0 Å². The monoisotopic (exact) mass is 382 g/mol. The van der Waals surface area contributed by atoms with Gasteiger partial charge in [0.15, 0.2) is 11.6 Å². The second kappa shape index (κ2) is 7.92. The molecule has 0 atom stereocenters. The molecule has 0 unspecified atom stereocenters. The summed E-state index contributed by atoms with van der Waals surface area (Å²) in [5.74, 6) is 0.399. The van der Waals surface area contributed by atoms with Crippen LogP contribution in [0.1, 0.15) is 21.5 Å². The number of anilines is 4. The van der Waals surface area contributed by atoms with Crippen molar-refractivity contribution in [3.05, 3.63) is 70.5 Å². The van der Waals surface area contributed by atoms with Crippen LogP contribution in [-0.4, -0.2) is 15.9 Å². The van der Waals surface area contributed by atoms with Gasteiger partial charge in [0, 0.05) is 16.3 Å². The molecule has 0 aliphatic rings. The molecule has 1 aromatic heterocycles. The molecule has 5 N–H and O–H groups in total. The van der Waals surface area contributed by atoms with E-state index in [1.165, 1.54) is 6.33 Å². The number of aromatic nitrogens is 2. The molecule has 0 aliphatic heterocycles. The van der Waals surface area contributed by atoms with Crippen molar-refractivity contribution < 1.29 is 4.79 Å². The topological polar surface area (TPSA) is 105 Å². The lowest BCUT2D eigenvalue weighted by molar-refractivity contribution is 0.0962.